The number of aryl methyl sites for hydroxylation is 1. The van der Waals surface area contributed by atoms with Gasteiger partial charge < -0.3 is 10.1 Å². The third kappa shape index (κ3) is 2.58. The van der Waals surface area contributed by atoms with E-state index in [-0.39, 0.29) is 0 Å². The van der Waals surface area contributed by atoms with Crippen molar-refractivity contribution in [2.75, 3.05) is 13.7 Å². The van der Waals surface area contributed by atoms with E-state index < -0.39 is 0 Å². The number of rotatable bonds is 4. The minimum Gasteiger partial charge on any atom is -0.494 e. The van der Waals surface area contributed by atoms with E-state index in [4.69, 9.17) is 9.72 Å². The average Bonchev–Trinajstić information content (AvgIpc) is 2.92. The molecule has 0 bridgehead atoms. The quantitative estimate of drug-likeness (QED) is 0.929. The summed E-state index contributed by atoms with van der Waals surface area (Å²) in [6, 6.07) is 8.73. The fourth-order valence-corrected chi connectivity index (χ4v) is 3.94. The molecule has 1 aliphatic rings. The van der Waals surface area contributed by atoms with Crippen LogP contribution in [0.4, 0.5) is 0 Å². The number of hydrogen-bond acceptors (Lipinski definition) is 4. The number of thiazole rings is 1. The largest absolute Gasteiger partial charge is 0.494 e. The lowest BCUT2D eigenvalue weighted by atomic mass is 9.98. The van der Waals surface area contributed by atoms with Crippen LogP contribution in [0.5, 0.6) is 5.75 Å². The molecule has 1 aromatic carbocycles. The number of aromatic nitrogens is 1. The van der Waals surface area contributed by atoms with Gasteiger partial charge in [0.15, 0.2) is 0 Å². The molecule has 0 fully saturated rings. The molecule has 3 rings (SSSR count). The van der Waals surface area contributed by atoms with E-state index in [2.05, 4.69) is 17.4 Å². The van der Waals surface area contributed by atoms with Crippen LogP contribution in [0.2, 0.25) is 0 Å². The number of nitrogens with one attached hydrogen (secondary N) is 1. The molecule has 20 heavy (non-hydrogen) atoms. The van der Waals surface area contributed by atoms with E-state index >= 15 is 0 Å². The van der Waals surface area contributed by atoms with Gasteiger partial charge in [-0.15, -0.1) is 11.3 Å². The van der Waals surface area contributed by atoms with Gasteiger partial charge in [-0.05, 0) is 57.5 Å². The maximum Gasteiger partial charge on any atom is 0.123 e. The molecular weight excluding hydrogens is 268 g/mol. The van der Waals surface area contributed by atoms with Crippen LogP contribution < -0.4 is 10.1 Å². The first-order valence-corrected chi connectivity index (χ1v) is 8.03. The van der Waals surface area contributed by atoms with E-state index in [0.717, 1.165) is 17.2 Å². The lowest BCUT2D eigenvalue weighted by Gasteiger charge is -2.19. The van der Waals surface area contributed by atoms with Crippen LogP contribution in [0.15, 0.2) is 24.3 Å². The number of ether oxygens (including phenoxy) is 1. The van der Waals surface area contributed by atoms with Crippen molar-refractivity contribution in [3.05, 3.63) is 34.8 Å². The third-order valence-corrected chi connectivity index (χ3v) is 4.97. The summed E-state index contributed by atoms with van der Waals surface area (Å²) in [7, 11) is 2.04. The maximum absolute atomic E-state index is 5.49. The smallest absolute Gasteiger partial charge is 0.123 e. The van der Waals surface area contributed by atoms with Crippen LogP contribution in [-0.4, -0.2) is 18.6 Å². The molecule has 0 aliphatic heterocycles. The van der Waals surface area contributed by atoms with E-state index in [1.807, 2.05) is 37.4 Å². The molecule has 1 unspecified atom stereocenters. The van der Waals surface area contributed by atoms with Gasteiger partial charge in [-0.25, -0.2) is 4.98 Å². The Morgan fingerprint density at radius 1 is 1.35 bits per heavy atom. The Labute approximate surface area is 124 Å². The number of nitrogens with zero attached hydrogens (tertiary/aromatic N) is 1. The van der Waals surface area contributed by atoms with Gasteiger partial charge in [0, 0.05) is 16.5 Å². The van der Waals surface area contributed by atoms with Crippen molar-refractivity contribution in [2.24, 2.45) is 0 Å². The van der Waals surface area contributed by atoms with Gasteiger partial charge in [-0.1, -0.05) is 0 Å². The Morgan fingerprint density at radius 2 is 2.15 bits per heavy atom. The minimum absolute atomic E-state index is 0.479. The predicted octanol–water partition coefficient (Wildman–Crippen LogP) is 3.81. The molecule has 1 N–H and O–H groups in total. The number of fused-ring (bicyclic) bond motifs is 1. The van der Waals surface area contributed by atoms with Gasteiger partial charge in [0.05, 0.1) is 12.3 Å². The molecule has 2 aromatic rings. The molecule has 0 spiro atoms. The second-order valence-electron chi connectivity index (χ2n) is 5.02. The molecule has 0 amide bonds. The van der Waals surface area contributed by atoms with Crippen LogP contribution in [-0.2, 0) is 6.42 Å². The van der Waals surface area contributed by atoms with Crippen molar-refractivity contribution in [3.63, 3.8) is 0 Å². The van der Waals surface area contributed by atoms with Crippen molar-refractivity contribution in [3.8, 4) is 16.3 Å². The first-order chi connectivity index (χ1) is 9.81. The molecule has 1 atom stereocenters. The molecule has 0 saturated carbocycles. The SMILES string of the molecule is CCOc1ccc(-c2nc3c(s2)C(NC)CCC3)cc1. The van der Waals surface area contributed by atoms with Crippen LogP contribution >= 0.6 is 11.3 Å². The molecule has 1 aromatic heterocycles. The summed E-state index contributed by atoms with van der Waals surface area (Å²) in [5.74, 6) is 0.922. The fourth-order valence-electron chi connectivity index (χ4n) is 2.68. The summed E-state index contributed by atoms with van der Waals surface area (Å²) >= 11 is 1.83. The van der Waals surface area contributed by atoms with Crippen molar-refractivity contribution in [2.45, 2.75) is 32.2 Å². The van der Waals surface area contributed by atoms with Crippen molar-refractivity contribution in [1.82, 2.24) is 10.3 Å². The first-order valence-electron chi connectivity index (χ1n) is 7.22. The predicted molar refractivity (Wildman–Crippen MR) is 83.5 cm³/mol. The minimum atomic E-state index is 0.479. The highest BCUT2D eigenvalue weighted by Gasteiger charge is 2.23. The van der Waals surface area contributed by atoms with Crippen molar-refractivity contribution < 1.29 is 4.74 Å². The van der Waals surface area contributed by atoms with Crippen molar-refractivity contribution in [1.29, 1.82) is 0 Å². The molecule has 4 heteroatoms. The summed E-state index contributed by atoms with van der Waals surface area (Å²) in [5.41, 5.74) is 2.46. The molecule has 106 valence electrons. The first kappa shape index (κ1) is 13.6. The standard InChI is InChI=1S/C16H20N2OS/c1-3-19-12-9-7-11(8-10-12)16-18-14-6-4-5-13(17-2)15(14)20-16/h7-10,13,17H,3-6H2,1-2H3. The van der Waals surface area contributed by atoms with Crippen LogP contribution in [0.3, 0.4) is 0 Å². The zero-order valence-electron chi connectivity index (χ0n) is 12.0. The zero-order valence-corrected chi connectivity index (χ0v) is 12.8. The van der Waals surface area contributed by atoms with Gasteiger partial charge in [0.2, 0.25) is 0 Å². The number of benzene rings is 1. The normalized spacial score (nSPS) is 17.8. The molecule has 1 aliphatic carbocycles. The van der Waals surface area contributed by atoms with Crippen LogP contribution in [0, 0.1) is 0 Å². The van der Waals surface area contributed by atoms with E-state index in [9.17, 15) is 0 Å². The monoisotopic (exact) mass is 288 g/mol. The van der Waals surface area contributed by atoms with Gasteiger partial charge >= 0.3 is 0 Å². The van der Waals surface area contributed by atoms with Gasteiger partial charge in [-0.3, -0.25) is 0 Å². The highest BCUT2D eigenvalue weighted by Crippen LogP contribution is 2.37. The van der Waals surface area contributed by atoms with Crippen LogP contribution in [0.1, 0.15) is 36.4 Å². The molecule has 1 heterocycles. The number of hydrogen-bond donors (Lipinski definition) is 1. The molecule has 3 nitrogen and oxygen atoms in total. The molecule has 0 saturated heterocycles. The lowest BCUT2D eigenvalue weighted by molar-refractivity contribution is 0.340. The van der Waals surface area contributed by atoms with E-state index in [0.29, 0.717) is 12.6 Å². The van der Waals surface area contributed by atoms with E-state index in [1.54, 1.807) is 0 Å². The van der Waals surface area contributed by atoms with Gasteiger partial charge in [-0.2, -0.15) is 0 Å². The average molecular weight is 288 g/mol. The second-order valence-corrected chi connectivity index (χ2v) is 6.05. The summed E-state index contributed by atoms with van der Waals surface area (Å²) in [6.45, 7) is 2.70. The van der Waals surface area contributed by atoms with Crippen LogP contribution in [0.25, 0.3) is 10.6 Å². The summed E-state index contributed by atoms with van der Waals surface area (Å²) in [6.07, 6.45) is 3.56. The van der Waals surface area contributed by atoms with Gasteiger partial charge in [0.25, 0.3) is 0 Å². The topological polar surface area (TPSA) is 34.1 Å². The summed E-state index contributed by atoms with van der Waals surface area (Å²) in [4.78, 5) is 6.25. The Bertz CT molecular complexity index is 577. The maximum atomic E-state index is 5.49. The Hall–Kier alpha value is -1.39. The molecular formula is C16H20N2OS. The summed E-state index contributed by atoms with van der Waals surface area (Å²) < 4.78 is 5.49. The zero-order chi connectivity index (χ0) is 13.9. The Kier molecular flexibility index (Phi) is 4.03. The summed E-state index contributed by atoms with van der Waals surface area (Å²) in [5, 5.41) is 4.53. The third-order valence-electron chi connectivity index (χ3n) is 3.71. The van der Waals surface area contributed by atoms with Crippen molar-refractivity contribution >= 4 is 11.3 Å². The van der Waals surface area contributed by atoms with Gasteiger partial charge in [0.1, 0.15) is 10.8 Å². The van der Waals surface area contributed by atoms with E-state index in [1.165, 1.54) is 29.0 Å². The highest BCUT2D eigenvalue weighted by molar-refractivity contribution is 7.15. The Balaban J connectivity index is 1.89. The highest BCUT2D eigenvalue weighted by atomic mass is 32.1. The molecule has 0 radical (unpaired) electrons. The second kappa shape index (κ2) is 5.94. The lowest BCUT2D eigenvalue weighted by Crippen LogP contribution is -2.19. The Morgan fingerprint density at radius 3 is 2.85 bits per heavy atom. The fraction of sp³-hybridized carbons (Fsp3) is 0.438.